The molecule has 1 aromatic rings. The minimum absolute atomic E-state index is 0.0114. The highest BCUT2D eigenvalue weighted by Gasteiger charge is 2.67. The zero-order chi connectivity index (χ0) is 20.2. The van der Waals surface area contributed by atoms with Crippen molar-refractivity contribution in [1.29, 1.82) is 0 Å². The predicted octanol–water partition coefficient (Wildman–Crippen LogP) is 3.32. The molecule has 0 amide bonds. The highest BCUT2D eigenvalue weighted by molar-refractivity contribution is 5.82. The third-order valence-corrected chi connectivity index (χ3v) is 5.33. The monoisotopic (exact) mass is 401 g/mol. The van der Waals surface area contributed by atoms with Crippen LogP contribution in [0.5, 0.6) is 0 Å². The zero-order valence-electron chi connectivity index (χ0n) is 15.9. The summed E-state index contributed by atoms with van der Waals surface area (Å²) in [5, 5.41) is 0. The van der Waals surface area contributed by atoms with Gasteiger partial charge in [0.25, 0.3) is 0 Å². The molecule has 0 N–H and O–H groups in total. The van der Waals surface area contributed by atoms with Crippen LogP contribution in [0.15, 0.2) is 30.3 Å². The average molecular weight is 401 g/mol. The van der Waals surface area contributed by atoms with Gasteiger partial charge in [-0.2, -0.15) is 13.2 Å². The number of rotatable bonds is 5. The first-order chi connectivity index (χ1) is 13.4. The first-order valence-electron chi connectivity index (χ1n) is 9.66. The molecule has 2 aliphatic heterocycles. The van der Waals surface area contributed by atoms with Crippen LogP contribution in [0.4, 0.5) is 13.2 Å². The second-order valence-corrected chi connectivity index (χ2v) is 7.17. The van der Waals surface area contributed by atoms with Gasteiger partial charge in [0.2, 0.25) is 5.54 Å². The van der Waals surface area contributed by atoms with Gasteiger partial charge in [-0.1, -0.05) is 30.3 Å². The number of hydrogen-bond acceptors (Lipinski definition) is 5. The molecule has 28 heavy (non-hydrogen) atoms. The van der Waals surface area contributed by atoms with Crippen LogP contribution in [0, 0.1) is 0 Å². The fourth-order valence-corrected chi connectivity index (χ4v) is 4.03. The number of nitrogens with zero attached hydrogens (tertiary/aromatic N) is 1. The zero-order valence-corrected chi connectivity index (χ0v) is 15.9. The summed E-state index contributed by atoms with van der Waals surface area (Å²) in [7, 11) is 0. The van der Waals surface area contributed by atoms with Gasteiger partial charge in [-0.15, -0.1) is 0 Å². The Bertz CT molecular complexity index is 655. The van der Waals surface area contributed by atoms with E-state index in [1.54, 1.807) is 0 Å². The highest BCUT2D eigenvalue weighted by atomic mass is 19.4. The quantitative estimate of drug-likeness (QED) is 0.709. The number of ether oxygens (including phenoxy) is 3. The molecule has 3 atom stereocenters. The van der Waals surface area contributed by atoms with E-state index in [0.29, 0.717) is 25.9 Å². The van der Waals surface area contributed by atoms with E-state index < -0.39 is 23.9 Å². The van der Waals surface area contributed by atoms with Crippen molar-refractivity contribution >= 4 is 5.97 Å². The van der Waals surface area contributed by atoms with Crippen LogP contribution in [0.25, 0.3) is 0 Å². The number of alkyl halides is 3. The van der Waals surface area contributed by atoms with Gasteiger partial charge >= 0.3 is 12.1 Å². The molecular formula is C20H26F3NO4. The summed E-state index contributed by atoms with van der Waals surface area (Å²) in [6.45, 7) is 1.79. The highest BCUT2D eigenvalue weighted by Crippen LogP contribution is 2.45. The van der Waals surface area contributed by atoms with E-state index in [4.69, 9.17) is 14.2 Å². The maximum absolute atomic E-state index is 14.2. The van der Waals surface area contributed by atoms with Crippen molar-refractivity contribution < 1.29 is 32.2 Å². The lowest BCUT2D eigenvalue weighted by Gasteiger charge is -2.50. The Morgan fingerprint density at radius 3 is 2.68 bits per heavy atom. The van der Waals surface area contributed by atoms with Crippen LogP contribution in [0.1, 0.15) is 31.7 Å². The molecule has 2 fully saturated rings. The largest absolute Gasteiger partial charge is 0.464 e. The van der Waals surface area contributed by atoms with Crippen molar-refractivity contribution in [3.63, 3.8) is 0 Å². The number of hydrogen-bond donors (Lipinski definition) is 0. The molecule has 8 heteroatoms. The predicted molar refractivity (Wildman–Crippen MR) is 95.6 cm³/mol. The lowest BCUT2D eigenvalue weighted by atomic mass is 9.85. The number of esters is 1. The SMILES string of the molecule is CCOC(=O)C1(C(F)(F)F)CCCCN1C1COCC(Cc2ccccc2)O1. The minimum atomic E-state index is -4.77. The summed E-state index contributed by atoms with van der Waals surface area (Å²) in [6, 6.07) is 9.57. The van der Waals surface area contributed by atoms with E-state index in [2.05, 4.69) is 0 Å². The molecule has 2 saturated heterocycles. The van der Waals surface area contributed by atoms with Crippen LogP contribution in [0.3, 0.4) is 0 Å². The molecule has 0 aromatic heterocycles. The van der Waals surface area contributed by atoms with E-state index in [-0.39, 0.29) is 32.3 Å². The molecule has 156 valence electrons. The molecule has 2 aliphatic rings. The molecular weight excluding hydrogens is 375 g/mol. The summed E-state index contributed by atoms with van der Waals surface area (Å²) < 4.78 is 59.0. The second kappa shape index (κ2) is 8.80. The molecule has 0 aliphatic carbocycles. The molecule has 3 unspecified atom stereocenters. The van der Waals surface area contributed by atoms with E-state index in [1.807, 2.05) is 30.3 Å². The maximum atomic E-state index is 14.2. The van der Waals surface area contributed by atoms with E-state index in [9.17, 15) is 18.0 Å². The number of piperidine rings is 1. The van der Waals surface area contributed by atoms with Gasteiger partial charge in [0, 0.05) is 13.0 Å². The van der Waals surface area contributed by atoms with Gasteiger partial charge in [0.15, 0.2) is 0 Å². The number of carbonyl (C=O) groups excluding carboxylic acids is 1. The van der Waals surface area contributed by atoms with E-state index >= 15 is 0 Å². The Labute approximate surface area is 162 Å². The van der Waals surface area contributed by atoms with Crippen LogP contribution >= 0.6 is 0 Å². The summed E-state index contributed by atoms with van der Waals surface area (Å²) >= 11 is 0. The lowest BCUT2D eigenvalue weighted by molar-refractivity contribution is -0.291. The van der Waals surface area contributed by atoms with Gasteiger partial charge in [0.05, 0.1) is 25.9 Å². The van der Waals surface area contributed by atoms with E-state index in [1.165, 1.54) is 6.92 Å². The first-order valence-corrected chi connectivity index (χ1v) is 9.66. The van der Waals surface area contributed by atoms with E-state index in [0.717, 1.165) is 10.5 Å². The molecule has 0 radical (unpaired) electrons. The topological polar surface area (TPSA) is 48.0 Å². The molecule has 5 nitrogen and oxygen atoms in total. The Hall–Kier alpha value is -1.64. The molecule has 3 rings (SSSR count). The Morgan fingerprint density at radius 2 is 2.00 bits per heavy atom. The van der Waals surface area contributed by atoms with Crippen LogP contribution in [-0.4, -0.2) is 61.3 Å². The minimum Gasteiger partial charge on any atom is -0.464 e. The summed E-state index contributed by atoms with van der Waals surface area (Å²) in [5.74, 6) is -1.25. The number of halogens is 3. The van der Waals surface area contributed by atoms with Crippen molar-refractivity contribution in [1.82, 2.24) is 4.90 Å². The first kappa shape index (κ1) is 21.1. The van der Waals surface area contributed by atoms with Gasteiger partial charge in [-0.3, -0.25) is 4.90 Å². The molecule has 0 spiro atoms. The second-order valence-electron chi connectivity index (χ2n) is 7.17. The van der Waals surface area contributed by atoms with Crippen molar-refractivity contribution in [2.75, 3.05) is 26.4 Å². The van der Waals surface area contributed by atoms with Crippen molar-refractivity contribution in [2.45, 2.75) is 56.7 Å². The summed E-state index contributed by atoms with van der Waals surface area (Å²) in [6.07, 6.45) is -5.04. The van der Waals surface area contributed by atoms with Gasteiger partial charge in [0.1, 0.15) is 6.23 Å². The molecule has 2 heterocycles. The summed E-state index contributed by atoms with van der Waals surface area (Å²) in [5.41, 5.74) is -1.67. The van der Waals surface area contributed by atoms with Crippen LogP contribution in [-0.2, 0) is 25.4 Å². The maximum Gasteiger partial charge on any atom is 0.417 e. The third-order valence-electron chi connectivity index (χ3n) is 5.33. The van der Waals surface area contributed by atoms with Crippen molar-refractivity contribution in [2.24, 2.45) is 0 Å². The van der Waals surface area contributed by atoms with Crippen LogP contribution in [0.2, 0.25) is 0 Å². The molecule has 0 bridgehead atoms. The van der Waals surface area contributed by atoms with Crippen LogP contribution < -0.4 is 0 Å². The fourth-order valence-electron chi connectivity index (χ4n) is 4.03. The van der Waals surface area contributed by atoms with Gasteiger partial charge < -0.3 is 14.2 Å². The third kappa shape index (κ3) is 4.18. The van der Waals surface area contributed by atoms with Gasteiger partial charge in [-0.05, 0) is 31.7 Å². The fraction of sp³-hybridized carbons (Fsp3) is 0.650. The Kier molecular flexibility index (Phi) is 6.62. The average Bonchev–Trinajstić information content (AvgIpc) is 2.68. The lowest BCUT2D eigenvalue weighted by Crippen LogP contribution is -2.70. The van der Waals surface area contributed by atoms with Gasteiger partial charge in [-0.25, -0.2) is 4.79 Å². The van der Waals surface area contributed by atoms with Crippen molar-refractivity contribution in [3.8, 4) is 0 Å². The Balaban J connectivity index is 1.82. The normalized spacial score (nSPS) is 29.4. The smallest absolute Gasteiger partial charge is 0.417 e. The van der Waals surface area contributed by atoms with Crippen molar-refractivity contribution in [3.05, 3.63) is 35.9 Å². The number of carbonyl (C=O) groups is 1. The Morgan fingerprint density at radius 1 is 1.25 bits per heavy atom. The number of benzene rings is 1. The number of likely N-dealkylation sites (tertiary alicyclic amines) is 1. The molecule has 0 saturated carbocycles. The summed E-state index contributed by atoms with van der Waals surface area (Å²) in [4.78, 5) is 13.6. The standard InChI is InChI=1S/C20H26F3NO4/c1-2-27-18(25)19(20(21,22)23)10-6-7-11-24(19)17-14-26-13-16(28-17)12-15-8-4-3-5-9-15/h3-5,8-9,16-17H,2,6-7,10-14H2,1H3. The molecule has 1 aromatic carbocycles.